The van der Waals surface area contributed by atoms with Crippen LogP contribution >= 0.6 is 0 Å². The molecular formula is C15H22N2O2. The third-order valence-electron chi connectivity index (χ3n) is 3.46. The summed E-state index contributed by atoms with van der Waals surface area (Å²) in [7, 11) is 0. The molecule has 1 heterocycles. The summed E-state index contributed by atoms with van der Waals surface area (Å²) in [4.78, 5) is 14.1. The number of rotatable bonds is 4. The van der Waals surface area contributed by atoms with Crippen LogP contribution in [-0.4, -0.2) is 43.2 Å². The van der Waals surface area contributed by atoms with Gasteiger partial charge < -0.3 is 15.4 Å². The molecule has 1 aromatic rings. The third-order valence-corrected chi connectivity index (χ3v) is 3.46. The number of amides is 1. The van der Waals surface area contributed by atoms with Crippen molar-refractivity contribution in [2.24, 2.45) is 5.73 Å². The average molecular weight is 262 g/mol. The normalized spacial score (nSPS) is 19.5. The second-order valence-corrected chi connectivity index (χ2v) is 5.07. The van der Waals surface area contributed by atoms with Gasteiger partial charge in [0, 0.05) is 13.1 Å². The second-order valence-electron chi connectivity index (χ2n) is 5.07. The highest BCUT2D eigenvalue weighted by molar-refractivity contribution is 5.78. The number of carbonyl (C=O) groups is 1. The van der Waals surface area contributed by atoms with E-state index in [1.165, 1.54) is 5.56 Å². The van der Waals surface area contributed by atoms with Crippen molar-refractivity contribution in [1.82, 2.24) is 4.90 Å². The lowest BCUT2D eigenvalue weighted by Crippen LogP contribution is -2.46. The summed E-state index contributed by atoms with van der Waals surface area (Å²) in [6, 6.07) is 8.12. The number of nitrogens with zero attached hydrogens (tertiary/aromatic N) is 1. The molecule has 1 unspecified atom stereocenters. The van der Waals surface area contributed by atoms with Gasteiger partial charge in [-0.25, -0.2) is 0 Å². The van der Waals surface area contributed by atoms with Crippen molar-refractivity contribution in [2.45, 2.75) is 25.9 Å². The molecule has 1 atom stereocenters. The van der Waals surface area contributed by atoms with Gasteiger partial charge in [0.25, 0.3) is 0 Å². The summed E-state index contributed by atoms with van der Waals surface area (Å²) in [5.41, 5.74) is 7.82. The van der Waals surface area contributed by atoms with E-state index in [9.17, 15) is 4.79 Å². The van der Waals surface area contributed by atoms with Gasteiger partial charge in [0.15, 0.2) is 0 Å². The van der Waals surface area contributed by atoms with Gasteiger partial charge >= 0.3 is 0 Å². The first-order chi connectivity index (χ1) is 9.19. The zero-order valence-corrected chi connectivity index (χ0v) is 11.5. The molecule has 2 rings (SSSR count). The number of morpholine rings is 1. The molecule has 0 spiro atoms. The van der Waals surface area contributed by atoms with Gasteiger partial charge in [-0.15, -0.1) is 0 Å². The quantitative estimate of drug-likeness (QED) is 0.884. The van der Waals surface area contributed by atoms with Crippen LogP contribution in [0.3, 0.4) is 0 Å². The van der Waals surface area contributed by atoms with E-state index in [-0.39, 0.29) is 12.0 Å². The van der Waals surface area contributed by atoms with Crippen molar-refractivity contribution in [3.63, 3.8) is 0 Å². The Hall–Kier alpha value is -1.39. The number of ether oxygens (including phenoxy) is 1. The van der Waals surface area contributed by atoms with Crippen LogP contribution in [0.4, 0.5) is 0 Å². The number of hydrogen-bond acceptors (Lipinski definition) is 3. The molecule has 0 aliphatic carbocycles. The van der Waals surface area contributed by atoms with Crippen LogP contribution in [0, 0.1) is 6.92 Å². The van der Waals surface area contributed by atoms with E-state index in [1.807, 2.05) is 36.1 Å². The minimum Gasteiger partial charge on any atom is -0.374 e. The Morgan fingerprint density at radius 3 is 2.84 bits per heavy atom. The van der Waals surface area contributed by atoms with Gasteiger partial charge in [-0.2, -0.15) is 0 Å². The van der Waals surface area contributed by atoms with E-state index < -0.39 is 0 Å². The van der Waals surface area contributed by atoms with E-state index >= 15 is 0 Å². The molecule has 4 heteroatoms. The lowest BCUT2D eigenvalue weighted by Gasteiger charge is -2.33. The molecular weight excluding hydrogens is 240 g/mol. The van der Waals surface area contributed by atoms with Gasteiger partial charge in [-0.1, -0.05) is 29.8 Å². The first kappa shape index (κ1) is 14.0. The molecule has 4 nitrogen and oxygen atoms in total. The Balaban J connectivity index is 1.90. The largest absolute Gasteiger partial charge is 0.374 e. The summed E-state index contributed by atoms with van der Waals surface area (Å²) in [6.07, 6.45) is 1.38. The first-order valence-electron chi connectivity index (χ1n) is 6.84. The highest BCUT2D eigenvalue weighted by atomic mass is 16.5. The van der Waals surface area contributed by atoms with Crippen LogP contribution in [0.1, 0.15) is 17.5 Å². The highest BCUT2D eigenvalue weighted by Gasteiger charge is 2.23. The predicted molar refractivity (Wildman–Crippen MR) is 74.9 cm³/mol. The summed E-state index contributed by atoms with van der Waals surface area (Å²) in [5.74, 6) is 0.175. The minimum atomic E-state index is 0.0979. The van der Waals surface area contributed by atoms with Crippen molar-refractivity contribution in [2.75, 3.05) is 26.2 Å². The Morgan fingerprint density at radius 2 is 2.16 bits per heavy atom. The molecule has 2 N–H and O–H groups in total. The molecule has 1 saturated heterocycles. The third kappa shape index (κ3) is 4.04. The van der Waals surface area contributed by atoms with Gasteiger partial charge in [-0.05, 0) is 25.5 Å². The fraction of sp³-hybridized carbons (Fsp3) is 0.533. The second kappa shape index (κ2) is 6.68. The zero-order chi connectivity index (χ0) is 13.7. The standard InChI is InChI=1S/C15H22N2O2/c1-12-2-4-13(5-3-12)10-15(18)17-8-9-19-14(11-17)6-7-16/h2-5,14H,6-11,16H2,1H3. The van der Waals surface area contributed by atoms with Crippen molar-refractivity contribution < 1.29 is 9.53 Å². The molecule has 1 amide bonds. The summed E-state index contributed by atoms with van der Waals surface area (Å²) >= 11 is 0. The Morgan fingerprint density at radius 1 is 1.42 bits per heavy atom. The van der Waals surface area contributed by atoms with Crippen LogP contribution in [0.25, 0.3) is 0 Å². The maximum Gasteiger partial charge on any atom is 0.227 e. The minimum absolute atomic E-state index is 0.0979. The molecule has 0 bridgehead atoms. The number of hydrogen-bond donors (Lipinski definition) is 1. The zero-order valence-electron chi connectivity index (χ0n) is 11.5. The topological polar surface area (TPSA) is 55.6 Å². The molecule has 1 fully saturated rings. The van der Waals surface area contributed by atoms with Crippen molar-refractivity contribution in [3.8, 4) is 0 Å². The predicted octanol–water partition coefficient (Wildman–Crippen LogP) is 1.11. The molecule has 0 aromatic heterocycles. The van der Waals surface area contributed by atoms with Crippen molar-refractivity contribution in [1.29, 1.82) is 0 Å². The highest BCUT2D eigenvalue weighted by Crippen LogP contribution is 2.11. The molecule has 0 radical (unpaired) electrons. The smallest absolute Gasteiger partial charge is 0.227 e. The molecule has 1 aromatic carbocycles. The van der Waals surface area contributed by atoms with Crippen LogP contribution in [0.15, 0.2) is 24.3 Å². The van der Waals surface area contributed by atoms with Gasteiger partial charge in [0.05, 0.1) is 19.1 Å². The van der Waals surface area contributed by atoms with Gasteiger partial charge in [-0.3, -0.25) is 4.79 Å². The van der Waals surface area contributed by atoms with E-state index in [4.69, 9.17) is 10.5 Å². The van der Waals surface area contributed by atoms with E-state index in [2.05, 4.69) is 0 Å². The molecule has 104 valence electrons. The van der Waals surface area contributed by atoms with Crippen LogP contribution in [0.5, 0.6) is 0 Å². The van der Waals surface area contributed by atoms with Crippen molar-refractivity contribution >= 4 is 5.91 Å². The van der Waals surface area contributed by atoms with Gasteiger partial charge in [0.2, 0.25) is 5.91 Å². The summed E-state index contributed by atoms with van der Waals surface area (Å²) in [5, 5.41) is 0. The summed E-state index contributed by atoms with van der Waals surface area (Å²) in [6.45, 7) is 4.62. The van der Waals surface area contributed by atoms with Gasteiger partial charge in [0.1, 0.15) is 0 Å². The van der Waals surface area contributed by atoms with E-state index in [0.717, 1.165) is 12.0 Å². The van der Waals surface area contributed by atoms with Crippen LogP contribution < -0.4 is 5.73 Å². The SMILES string of the molecule is Cc1ccc(CC(=O)N2CCOC(CCN)C2)cc1. The fourth-order valence-electron chi connectivity index (χ4n) is 2.30. The molecule has 1 aliphatic rings. The van der Waals surface area contributed by atoms with Crippen molar-refractivity contribution in [3.05, 3.63) is 35.4 Å². The number of aryl methyl sites for hydroxylation is 1. The van der Waals surface area contributed by atoms with E-state index in [1.54, 1.807) is 0 Å². The molecule has 19 heavy (non-hydrogen) atoms. The Bertz CT molecular complexity index is 415. The Labute approximate surface area is 114 Å². The fourth-order valence-corrected chi connectivity index (χ4v) is 2.30. The monoisotopic (exact) mass is 262 g/mol. The number of benzene rings is 1. The number of nitrogens with two attached hydrogens (primary N) is 1. The first-order valence-corrected chi connectivity index (χ1v) is 6.84. The average Bonchev–Trinajstić information content (AvgIpc) is 2.42. The maximum absolute atomic E-state index is 12.2. The lowest BCUT2D eigenvalue weighted by atomic mass is 10.1. The Kier molecular flexibility index (Phi) is 4.93. The lowest BCUT2D eigenvalue weighted by molar-refractivity contribution is -0.138. The molecule has 1 aliphatic heterocycles. The number of carbonyl (C=O) groups excluding carboxylic acids is 1. The van der Waals surface area contributed by atoms with E-state index in [0.29, 0.717) is 32.7 Å². The van der Waals surface area contributed by atoms with Crippen LogP contribution in [-0.2, 0) is 16.0 Å². The maximum atomic E-state index is 12.2. The van der Waals surface area contributed by atoms with Crippen LogP contribution in [0.2, 0.25) is 0 Å². The molecule has 0 saturated carbocycles. The summed E-state index contributed by atoms with van der Waals surface area (Å²) < 4.78 is 5.59.